The first-order valence-corrected chi connectivity index (χ1v) is 3.58. The van der Waals surface area contributed by atoms with E-state index in [1.54, 1.807) is 0 Å². The van der Waals surface area contributed by atoms with Gasteiger partial charge >= 0.3 is 11.7 Å². The van der Waals surface area contributed by atoms with Crippen molar-refractivity contribution in [3.05, 3.63) is 38.9 Å². The van der Waals surface area contributed by atoms with Crippen LogP contribution in [0.2, 0.25) is 5.02 Å². The molecule has 0 aromatic heterocycles. The second kappa shape index (κ2) is 4.78. The van der Waals surface area contributed by atoms with E-state index in [1.165, 1.54) is 12.1 Å². The number of halogens is 2. The fourth-order valence-corrected chi connectivity index (χ4v) is 1.12. The van der Waals surface area contributed by atoms with Gasteiger partial charge in [0.05, 0.1) is 4.92 Å². The molecule has 0 unspecified atom stereocenters. The number of benzene rings is 1. The predicted molar refractivity (Wildman–Crippen MR) is 52.3 cm³/mol. The fourth-order valence-electron chi connectivity index (χ4n) is 0.873. The highest BCUT2D eigenvalue weighted by Crippen LogP contribution is 2.27. The Bertz CT molecular complexity index is 380. The third-order valence-corrected chi connectivity index (χ3v) is 1.70. The Morgan fingerprint density at radius 1 is 1.50 bits per heavy atom. The minimum Gasteiger partial charge on any atom is -0.477 e. The van der Waals surface area contributed by atoms with E-state index in [4.69, 9.17) is 16.7 Å². The third kappa shape index (κ3) is 2.34. The van der Waals surface area contributed by atoms with Crippen LogP contribution in [0, 0.1) is 10.1 Å². The van der Waals surface area contributed by atoms with Crippen LogP contribution < -0.4 is 0 Å². The molecule has 14 heavy (non-hydrogen) atoms. The molecule has 0 radical (unpaired) electrons. The summed E-state index contributed by atoms with van der Waals surface area (Å²) in [6.07, 6.45) is 0. The molecule has 1 N–H and O–H groups in total. The first-order valence-electron chi connectivity index (χ1n) is 3.20. The lowest BCUT2D eigenvalue weighted by atomic mass is 10.2. The summed E-state index contributed by atoms with van der Waals surface area (Å²) in [6.45, 7) is 0. The van der Waals surface area contributed by atoms with Gasteiger partial charge in [-0.2, -0.15) is 0 Å². The van der Waals surface area contributed by atoms with Crippen LogP contribution in [-0.4, -0.2) is 16.0 Å². The van der Waals surface area contributed by atoms with Gasteiger partial charge in [0, 0.05) is 0 Å². The number of hydrogen-bond donors (Lipinski definition) is 1. The summed E-state index contributed by atoms with van der Waals surface area (Å²) in [7, 11) is 0. The van der Waals surface area contributed by atoms with E-state index in [9.17, 15) is 14.9 Å². The lowest BCUT2D eigenvalue weighted by molar-refractivity contribution is -0.385. The second-order valence-electron chi connectivity index (χ2n) is 2.20. The Balaban J connectivity index is 0.00000169. The number of hydrogen-bond acceptors (Lipinski definition) is 3. The molecule has 0 saturated carbocycles. The molecular weight excluding hydrogens is 233 g/mol. The van der Waals surface area contributed by atoms with Crippen molar-refractivity contribution in [2.75, 3.05) is 0 Å². The molecule has 1 rings (SSSR count). The number of nitro benzene ring substituents is 1. The SMILES string of the molecule is Cl.O=C(O)c1cccc(Cl)c1[N+](=O)[O-]. The van der Waals surface area contributed by atoms with E-state index in [2.05, 4.69) is 0 Å². The molecule has 0 bridgehead atoms. The van der Waals surface area contributed by atoms with Crippen molar-refractivity contribution in [1.82, 2.24) is 0 Å². The molecule has 0 fully saturated rings. The number of nitro groups is 1. The van der Waals surface area contributed by atoms with Crippen LogP contribution in [0.4, 0.5) is 5.69 Å². The maximum atomic E-state index is 10.5. The molecule has 0 amide bonds. The molecule has 1 aromatic carbocycles. The molecule has 0 heterocycles. The van der Waals surface area contributed by atoms with E-state index in [0.717, 1.165) is 6.07 Å². The van der Waals surface area contributed by atoms with Crippen molar-refractivity contribution in [3.8, 4) is 0 Å². The van der Waals surface area contributed by atoms with Crippen LogP contribution in [0.1, 0.15) is 10.4 Å². The van der Waals surface area contributed by atoms with Gasteiger partial charge in [0.1, 0.15) is 10.6 Å². The van der Waals surface area contributed by atoms with Gasteiger partial charge in [-0.1, -0.05) is 17.7 Å². The molecule has 0 atom stereocenters. The quantitative estimate of drug-likeness (QED) is 0.633. The van der Waals surface area contributed by atoms with E-state index < -0.39 is 22.1 Å². The zero-order chi connectivity index (χ0) is 10.0. The maximum Gasteiger partial charge on any atom is 0.342 e. The lowest BCUT2D eigenvalue weighted by Crippen LogP contribution is -2.02. The second-order valence-corrected chi connectivity index (χ2v) is 2.61. The van der Waals surface area contributed by atoms with Gasteiger partial charge in [-0.25, -0.2) is 4.79 Å². The Hall–Kier alpha value is -1.33. The minimum atomic E-state index is -1.37. The van der Waals surface area contributed by atoms with Gasteiger partial charge < -0.3 is 5.11 Å². The predicted octanol–water partition coefficient (Wildman–Crippen LogP) is 2.37. The highest BCUT2D eigenvalue weighted by atomic mass is 35.5. The summed E-state index contributed by atoms with van der Waals surface area (Å²) in [5, 5.41) is 18.8. The fraction of sp³-hybridized carbons (Fsp3) is 0. The summed E-state index contributed by atoms with van der Waals surface area (Å²) in [4.78, 5) is 20.1. The standard InChI is InChI=1S/C7H4ClNO4.ClH/c8-5-3-1-2-4(7(10)11)6(5)9(12)13;/h1-3H,(H,10,11);1H. The van der Waals surface area contributed by atoms with E-state index in [0.29, 0.717) is 0 Å². The first kappa shape index (κ1) is 12.7. The average molecular weight is 238 g/mol. The molecule has 7 heteroatoms. The Kier molecular flexibility index (Phi) is 4.33. The van der Waals surface area contributed by atoms with Crippen molar-refractivity contribution >= 4 is 35.7 Å². The largest absolute Gasteiger partial charge is 0.477 e. The van der Waals surface area contributed by atoms with Crippen molar-refractivity contribution < 1.29 is 14.8 Å². The molecule has 0 spiro atoms. The van der Waals surface area contributed by atoms with Gasteiger partial charge in [-0.05, 0) is 12.1 Å². The van der Waals surface area contributed by atoms with Gasteiger partial charge in [0.25, 0.3) is 0 Å². The number of carboxylic acid groups (broad SMARTS) is 1. The van der Waals surface area contributed by atoms with Gasteiger partial charge in [-0.3, -0.25) is 10.1 Å². The Morgan fingerprint density at radius 2 is 2.07 bits per heavy atom. The molecule has 0 aliphatic rings. The summed E-state index contributed by atoms with van der Waals surface area (Å²) < 4.78 is 0. The Morgan fingerprint density at radius 3 is 2.43 bits per heavy atom. The molecule has 5 nitrogen and oxygen atoms in total. The third-order valence-electron chi connectivity index (χ3n) is 1.40. The summed E-state index contributed by atoms with van der Waals surface area (Å²) >= 11 is 5.46. The number of aromatic carboxylic acids is 1. The Labute approximate surface area is 89.9 Å². The van der Waals surface area contributed by atoms with Crippen molar-refractivity contribution in [3.63, 3.8) is 0 Å². The van der Waals surface area contributed by atoms with Gasteiger partial charge in [0.15, 0.2) is 0 Å². The van der Waals surface area contributed by atoms with Gasteiger partial charge in [0.2, 0.25) is 0 Å². The smallest absolute Gasteiger partial charge is 0.342 e. The van der Waals surface area contributed by atoms with Crippen LogP contribution in [0.15, 0.2) is 18.2 Å². The van der Waals surface area contributed by atoms with E-state index in [1.807, 2.05) is 0 Å². The number of carbonyl (C=O) groups is 1. The normalized spacial score (nSPS) is 8.93. The summed E-state index contributed by atoms with van der Waals surface area (Å²) in [5.74, 6) is -1.37. The number of para-hydroxylation sites is 1. The maximum absolute atomic E-state index is 10.5. The molecule has 76 valence electrons. The van der Waals surface area contributed by atoms with Crippen molar-refractivity contribution in [1.29, 1.82) is 0 Å². The van der Waals surface area contributed by atoms with Crippen LogP contribution in [0.25, 0.3) is 0 Å². The number of carboxylic acids is 1. The van der Waals surface area contributed by atoms with E-state index in [-0.39, 0.29) is 17.4 Å². The van der Waals surface area contributed by atoms with Gasteiger partial charge in [-0.15, -0.1) is 12.4 Å². The summed E-state index contributed by atoms with van der Waals surface area (Å²) in [6, 6.07) is 3.75. The zero-order valence-electron chi connectivity index (χ0n) is 6.64. The highest BCUT2D eigenvalue weighted by molar-refractivity contribution is 6.33. The van der Waals surface area contributed by atoms with Crippen LogP contribution in [0.5, 0.6) is 0 Å². The van der Waals surface area contributed by atoms with Crippen molar-refractivity contribution in [2.45, 2.75) is 0 Å². The molecular formula is C7H5Cl2NO4. The molecule has 1 aromatic rings. The lowest BCUT2D eigenvalue weighted by Gasteiger charge is -1.98. The van der Waals surface area contributed by atoms with E-state index >= 15 is 0 Å². The molecule has 0 aliphatic heterocycles. The monoisotopic (exact) mass is 237 g/mol. The first-order chi connectivity index (χ1) is 6.04. The topological polar surface area (TPSA) is 80.4 Å². The van der Waals surface area contributed by atoms with Crippen LogP contribution in [0.3, 0.4) is 0 Å². The molecule has 0 aliphatic carbocycles. The summed E-state index contributed by atoms with van der Waals surface area (Å²) in [5.41, 5.74) is -0.978. The minimum absolute atomic E-state index is 0. The zero-order valence-corrected chi connectivity index (χ0v) is 8.21. The highest BCUT2D eigenvalue weighted by Gasteiger charge is 2.22. The van der Waals surface area contributed by atoms with Crippen LogP contribution >= 0.6 is 24.0 Å². The number of nitrogens with zero attached hydrogens (tertiary/aromatic N) is 1. The number of rotatable bonds is 2. The molecule has 0 saturated heterocycles. The van der Waals surface area contributed by atoms with Crippen LogP contribution in [-0.2, 0) is 0 Å². The van der Waals surface area contributed by atoms with Crippen molar-refractivity contribution in [2.24, 2.45) is 0 Å². The average Bonchev–Trinajstić information content (AvgIpc) is 2.02.